The number of carboxylic acids is 1. The summed E-state index contributed by atoms with van der Waals surface area (Å²) in [7, 11) is 0. The van der Waals surface area contributed by atoms with Gasteiger partial charge in [-0.05, 0) is 82.4 Å². The van der Waals surface area contributed by atoms with Crippen LogP contribution in [0.25, 0.3) is 10.9 Å². The Morgan fingerprint density at radius 2 is 1.09 bits per heavy atom. The summed E-state index contributed by atoms with van der Waals surface area (Å²) < 4.78 is 0. The number of hydrogen-bond acceptors (Lipinski definition) is 19. The van der Waals surface area contributed by atoms with Gasteiger partial charge in [0.15, 0.2) is 5.96 Å². The number of aliphatic hydroxyl groups excluding tert-OH is 2. The summed E-state index contributed by atoms with van der Waals surface area (Å²) in [6.07, 6.45) is 1.06. The summed E-state index contributed by atoms with van der Waals surface area (Å²) >= 11 is 8.43. The van der Waals surface area contributed by atoms with Crippen LogP contribution in [-0.4, -0.2) is 208 Å². The SMILES string of the molecule is CC(C)C[C@H](NC(=O)[C@H](C)N)C(=O)N[C@@H](CS)C(=O)N[C@@H](Cc1c[nH]c2ccccc12)C(=O)N[C@@H](CCCN=C(N)N)C(=O)N[C@H](C(=O)N[C@@H](CO)C(=O)N[C@@H](CS)C(=O)N[C@H](C(=O)NCC(=O)NCC(=O)N[C@@H](CCCCN)C(=O)O)[C@@H](C)O)C(C)C. The quantitative estimate of drug-likeness (QED) is 0.0128. The summed E-state index contributed by atoms with van der Waals surface area (Å²) in [6, 6.07) is -6.96. The van der Waals surface area contributed by atoms with Crippen molar-refractivity contribution in [2.24, 2.45) is 39.8 Å². The van der Waals surface area contributed by atoms with Crippen molar-refractivity contribution in [1.82, 2.24) is 63.5 Å². The highest BCUT2D eigenvalue weighted by Crippen LogP contribution is 2.20. The third-order valence-corrected chi connectivity index (χ3v) is 14.0. The van der Waals surface area contributed by atoms with Crippen molar-refractivity contribution in [1.29, 1.82) is 0 Å². The van der Waals surface area contributed by atoms with Gasteiger partial charge in [0.05, 0.1) is 31.8 Å². The van der Waals surface area contributed by atoms with Crippen LogP contribution in [0.4, 0.5) is 0 Å². The van der Waals surface area contributed by atoms with Crippen molar-refractivity contribution >= 4 is 113 Å². The average molecular weight is 1280 g/mol. The molecule has 88 heavy (non-hydrogen) atoms. The number of nitrogens with zero attached hydrogens (tertiary/aromatic N) is 1. The maximum absolute atomic E-state index is 14.6. The number of fused-ring (bicyclic) bond motifs is 1. The number of carbonyl (C=O) groups is 12. The highest BCUT2D eigenvalue weighted by atomic mass is 32.1. The summed E-state index contributed by atoms with van der Waals surface area (Å²) in [5, 5.41) is 57.5. The number of benzene rings is 1. The van der Waals surface area contributed by atoms with Crippen LogP contribution in [0.3, 0.4) is 0 Å². The van der Waals surface area contributed by atoms with Crippen LogP contribution >= 0.6 is 25.3 Å². The summed E-state index contributed by atoms with van der Waals surface area (Å²) in [5.41, 5.74) is 23.5. The van der Waals surface area contributed by atoms with Crippen LogP contribution in [0.15, 0.2) is 35.5 Å². The molecule has 0 aliphatic rings. The first kappa shape index (κ1) is 76.3. The van der Waals surface area contributed by atoms with Crippen molar-refractivity contribution in [3.63, 3.8) is 0 Å². The smallest absolute Gasteiger partial charge is 0.326 e. The lowest BCUT2D eigenvalue weighted by Gasteiger charge is -2.29. The molecule has 0 aliphatic carbocycles. The van der Waals surface area contributed by atoms with E-state index in [1.165, 1.54) is 6.92 Å². The van der Waals surface area contributed by atoms with Gasteiger partial charge in [-0.3, -0.25) is 57.7 Å². The fraction of sp³-hybridized carbons (Fsp3) is 0.611. The van der Waals surface area contributed by atoms with Gasteiger partial charge in [0.1, 0.15) is 54.4 Å². The lowest BCUT2D eigenvalue weighted by molar-refractivity contribution is -0.142. The largest absolute Gasteiger partial charge is 0.480 e. The second-order valence-corrected chi connectivity index (χ2v) is 22.3. The minimum absolute atomic E-state index is 0.0126. The number of rotatable bonds is 40. The molecule has 1 heterocycles. The molecule has 11 atom stereocenters. The topological polar surface area (TPSA) is 530 Å². The highest BCUT2D eigenvalue weighted by molar-refractivity contribution is 7.80. The molecule has 2 rings (SSSR count). The van der Waals surface area contributed by atoms with Crippen LogP contribution in [0.2, 0.25) is 0 Å². The molecule has 0 saturated carbocycles. The number of carbonyl (C=O) groups excluding carboxylic acids is 11. The molecule has 0 spiro atoms. The normalized spacial score (nSPS) is 14.9. The number of aliphatic carboxylic acids is 1. The number of para-hydroxylation sites is 1. The number of nitrogens with one attached hydrogen (secondary N) is 12. The Labute approximate surface area is 520 Å². The molecule has 11 amide bonds. The van der Waals surface area contributed by atoms with Crippen LogP contribution in [0.1, 0.15) is 85.6 Å². The molecule has 0 unspecified atom stereocenters. The Morgan fingerprint density at radius 3 is 1.65 bits per heavy atom. The van der Waals surface area contributed by atoms with Crippen molar-refractivity contribution in [2.75, 3.05) is 44.3 Å². The second kappa shape index (κ2) is 39.2. The molecule has 32 nitrogen and oxygen atoms in total. The van der Waals surface area contributed by atoms with Gasteiger partial charge < -0.3 is 102 Å². The molecule has 23 N–H and O–H groups in total. The second-order valence-electron chi connectivity index (χ2n) is 21.5. The van der Waals surface area contributed by atoms with Gasteiger partial charge in [0.2, 0.25) is 65.0 Å². The molecule has 0 saturated heterocycles. The lowest BCUT2D eigenvalue weighted by atomic mass is 10.0. The highest BCUT2D eigenvalue weighted by Gasteiger charge is 2.36. The van der Waals surface area contributed by atoms with Gasteiger partial charge >= 0.3 is 5.97 Å². The zero-order valence-corrected chi connectivity index (χ0v) is 52.0. The van der Waals surface area contributed by atoms with Gasteiger partial charge in [-0.15, -0.1) is 0 Å². The Hall–Kier alpha value is -7.79. The number of H-pyrrole nitrogens is 1. The fourth-order valence-corrected chi connectivity index (χ4v) is 8.92. The van der Waals surface area contributed by atoms with E-state index in [4.69, 9.17) is 22.9 Å². The lowest BCUT2D eigenvalue weighted by Crippen LogP contribution is -2.62. The van der Waals surface area contributed by atoms with E-state index in [9.17, 15) is 72.9 Å². The zero-order chi connectivity index (χ0) is 66.4. The minimum atomic E-state index is -1.78. The van der Waals surface area contributed by atoms with Gasteiger partial charge in [-0.25, -0.2) is 4.79 Å². The summed E-state index contributed by atoms with van der Waals surface area (Å²) in [6.45, 7) is 7.17. The van der Waals surface area contributed by atoms with Crippen molar-refractivity contribution in [3.05, 3.63) is 36.0 Å². The number of amides is 11. The molecular weight excluding hydrogens is 1190 g/mol. The standard InChI is InChI=1S/C54H89N17O15S2/c1-26(2)18-35(65-44(76)28(5)56)46(78)68-38(24-87)49(81)66-36(19-30-20-60-32-13-8-7-12-31(30)32)47(79)64-33(15-11-17-59-54(57)58)45(77)70-42(27(3)4)52(84)67-37(23-72)48(80)69-39(25-88)50(82)71-43(29(6)73)51(83)62-21-40(74)61-22-41(75)63-34(53(85)86)14-9-10-16-55/h7-8,12-13,20,26-29,33-39,42-43,60,72-73,87-88H,9-11,14-19,21-25,55-56H2,1-6H3,(H,61,74)(H,62,83)(H,63,75)(H,64,79)(H,65,76)(H,66,81)(H,67,84)(H,68,78)(H,69,80)(H,70,77)(H,71,82)(H,85,86)(H4,57,58,59)/t28-,29+,33-,34-,35-,36-,37-,38-,39-,42-,43-/m0/s1. The number of carboxylic acid groups (broad SMARTS) is 1. The van der Waals surface area contributed by atoms with Crippen molar-refractivity contribution < 1.29 is 72.9 Å². The Morgan fingerprint density at radius 1 is 0.580 bits per heavy atom. The number of aromatic amines is 1. The van der Waals surface area contributed by atoms with E-state index in [2.05, 4.69) is 93.7 Å². The summed E-state index contributed by atoms with van der Waals surface area (Å²) in [5.74, 6) is -13.1. The van der Waals surface area contributed by atoms with Crippen molar-refractivity contribution in [2.45, 2.75) is 153 Å². The molecule has 1 aromatic heterocycles. The van der Waals surface area contributed by atoms with E-state index < -0.39 is 169 Å². The zero-order valence-electron chi connectivity index (χ0n) is 50.2. The van der Waals surface area contributed by atoms with Gasteiger partial charge in [0.25, 0.3) is 0 Å². The molecule has 0 fully saturated rings. The maximum Gasteiger partial charge on any atom is 0.326 e. The molecule has 2 aromatic rings. The van der Waals surface area contributed by atoms with Crippen LogP contribution < -0.4 is 81.4 Å². The molecule has 0 bridgehead atoms. The monoisotopic (exact) mass is 1280 g/mol. The predicted molar refractivity (Wildman–Crippen MR) is 330 cm³/mol. The van der Waals surface area contributed by atoms with Crippen LogP contribution in [0, 0.1) is 11.8 Å². The third kappa shape index (κ3) is 26.7. The van der Waals surface area contributed by atoms with Crippen molar-refractivity contribution in [3.8, 4) is 0 Å². The number of hydrogen-bond donors (Lipinski definition) is 21. The first-order chi connectivity index (χ1) is 41.5. The van der Waals surface area contributed by atoms with Gasteiger partial charge in [0, 0.05) is 41.6 Å². The van der Waals surface area contributed by atoms with Gasteiger partial charge in [-0.1, -0.05) is 45.9 Å². The predicted octanol–water partition coefficient (Wildman–Crippen LogP) is -6.14. The van der Waals surface area contributed by atoms with E-state index in [1.807, 2.05) is 13.8 Å². The molecule has 0 aliphatic heterocycles. The Bertz CT molecular complexity index is 2730. The molecule has 34 heteroatoms. The number of thiol groups is 2. The van der Waals surface area contributed by atoms with Crippen LogP contribution in [-0.2, 0) is 64.0 Å². The van der Waals surface area contributed by atoms with E-state index in [0.717, 1.165) is 6.92 Å². The number of aliphatic hydroxyl groups is 2. The first-order valence-electron chi connectivity index (χ1n) is 28.5. The van der Waals surface area contributed by atoms with E-state index in [-0.39, 0.29) is 56.3 Å². The van der Waals surface area contributed by atoms with Crippen LogP contribution in [0.5, 0.6) is 0 Å². The number of unbranched alkanes of at least 4 members (excludes halogenated alkanes) is 1. The number of aliphatic imine (C=N–C) groups is 1. The fourth-order valence-electron chi connectivity index (χ4n) is 8.40. The van der Waals surface area contributed by atoms with E-state index >= 15 is 0 Å². The number of aromatic nitrogens is 1. The number of nitrogens with two attached hydrogens (primary N) is 4. The summed E-state index contributed by atoms with van der Waals surface area (Å²) in [4.78, 5) is 167. The molecule has 492 valence electrons. The first-order valence-corrected chi connectivity index (χ1v) is 29.8. The van der Waals surface area contributed by atoms with E-state index in [1.54, 1.807) is 44.3 Å². The Balaban J connectivity index is 2.32. The Kier molecular flexibility index (Phi) is 34.0. The number of guanidine groups is 1. The van der Waals surface area contributed by atoms with E-state index in [0.29, 0.717) is 35.9 Å². The van der Waals surface area contributed by atoms with Gasteiger partial charge in [-0.2, -0.15) is 25.3 Å². The average Bonchev–Trinajstić information content (AvgIpc) is 2.04. The molecular formula is C54H89N17O15S2. The minimum Gasteiger partial charge on any atom is -0.480 e. The molecule has 0 radical (unpaired) electrons. The maximum atomic E-state index is 14.6. The molecule has 1 aromatic carbocycles. The third-order valence-electron chi connectivity index (χ3n) is 13.3.